The predicted octanol–water partition coefficient (Wildman–Crippen LogP) is 4.10. The van der Waals surface area contributed by atoms with Crippen molar-refractivity contribution in [3.05, 3.63) is 57.7 Å². The summed E-state index contributed by atoms with van der Waals surface area (Å²) in [6.07, 6.45) is 11.5. The number of hydrogen-bond donors (Lipinski definition) is 0. The second kappa shape index (κ2) is 5.87. The minimum Gasteiger partial charge on any atom is -0.305 e. The molecule has 2 aromatic rings. The molecule has 0 bridgehead atoms. The predicted molar refractivity (Wildman–Crippen MR) is 104 cm³/mol. The number of rotatable bonds is 4. The van der Waals surface area contributed by atoms with Crippen LogP contribution in [0.15, 0.2) is 24.3 Å². The summed E-state index contributed by atoms with van der Waals surface area (Å²) in [6, 6.07) is 4.70. The van der Waals surface area contributed by atoms with E-state index in [0.717, 1.165) is 25.9 Å². The highest BCUT2D eigenvalue weighted by molar-refractivity contribution is 6.03. The smallest absolute Gasteiger partial charge is 0.0234 e. The normalized spacial score (nSPS) is 15.1. The number of fused-ring (bicyclic) bond motifs is 6. The van der Waals surface area contributed by atoms with Gasteiger partial charge in [0.2, 0.25) is 0 Å². The van der Waals surface area contributed by atoms with E-state index in [9.17, 15) is 0 Å². The van der Waals surface area contributed by atoms with E-state index in [1.807, 2.05) is 0 Å². The van der Waals surface area contributed by atoms with Crippen molar-refractivity contribution in [3.63, 3.8) is 0 Å². The fourth-order valence-corrected chi connectivity index (χ4v) is 4.31. The molecule has 0 amide bonds. The highest BCUT2D eigenvalue weighted by Gasteiger charge is 2.24. The molecule has 4 rings (SSSR count). The summed E-state index contributed by atoms with van der Waals surface area (Å²) >= 11 is 0. The molecule has 0 aliphatic heterocycles. The van der Waals surface area contributed by atoms with Crippen LogP contribution in [-0.2, 0) is 25.9 Å². The standard InChI is InChI=1S/C22H26N2/c1-23(2)13-15-11-12-16(14-24(3)4)22-20-10-6-8-18(20)17-7-5-9-19(17)21(15)22/h5-7,10-12H,8-9,13-14H2,1-4H3. The highest BCUT2D eigenvalue weighted by Crippen LogP contribution is 2.42. The molecule has 2 aromatic carbocycles. The number of hydrogen-bond acceptors (Lipinski definition) is 2. The average molecular weight is 318 g/mol. The van der Waals surface area contributed by atoms with Gasteiger partial charge in [-0.1, -0.05) is 36.4 Å². The first-order valence-corrected chi connectivity index (χ1v) is 8.81. The van der Waals surface area contributed by atoms with Crippen molar-refractivity contribution in [1.82, 2.24) is 9.80 Å². The van der Waals surface area contributed by atoms with Crippen molar-refractivity contribution >= 4 is 22.9 Å². The number of allylic oxidation sites excluding steroid dienone is 2. The van der Waals surface area contributed by atoms with Crippen molar-refractivity contribution in [3.8, 4) is 0 Å². The highest BCUT2D eigenvalue weighted by atomic mass is 15.1. The minimum absolute atomic E-state index is 0.991. The van der Waals surface area contributed by atoms with Crippen LogP contribution in [-0.4, -0.2) is 38.0 Å². The molecule has 2 aliphatic carbocycles. The van der Waals surface area contributed by atoms with Crippen LogP contribution in [0.25, 0.3) is 22.9 Å². The van der Waals surface area contributed by atoms with Gasteiger partial charge in [-0.15, -0.1) is 0 Å². The molecule has 0 fully saturated rings. The van der Waals surface area contributed by atoms with Gasteiger partial charge in [0.15, 0.2) is 0 Å². The molecular formula is C22H26N2. The van der Waals surface area contributed by atoms with E-state index < -0.39 is 0 Å². The Morgan fingerprint density at radius 3 is 1.88 bits per heavy atom. The zero-order valence-corrected chi connectivity index (χ0v) is 15.2. The molecule has 2 nitrogen and oxygen atoms in total. The summed E-state index contributed by atoms with van der Waals surface area (Å²) in [5.74, 6) is 0. The van der Waals surface area contributed by atoms with Crippen molar-refractivity contribution < 1.29 is 0 Å². The third kappa shape index (κ3) is 2.42. The van der Waals surface area contributed by atoms with Crippen LogP contribution in [0.4, 0.5) is 0 Å². The van der Waals surface area contributed by atoms with Gasteiger partial charge in [0.05, 0.1) is 0 Å². The molecule has 0 atom stereocenters. The maximum Gasteiger partial charge on any atom is 0.0234 e. The molecule has 0 N–H and O–H groups in total. The van der Waals surface area contributed by atoms with Crippen LogP contribution >= 0.6 is 0 Å². The van der Waals surface area contributed by atoms with Crippen molar-refractivity contribution in [2.45, 2.75) is 25.9 Å². The van der Waals surface area contributed by atoms with E-state index >= 15 is 0 Å². The van der Waals surface area contributed by atoms with Crippen molar-refractivity contribution in [2.24, 2.45) is 0 Å². The van der Waals surface area contributed by atoms with Crippen LogP contribution in [0.5, 0.6) is 0 Å². The maximum atomic E-state index is 2.35. The summed E-state index contributed by atoms with van der Waals surface area (Å²) < 4.78 is 0. The van der Waals surface area contributed by atoms with Gasteiger partial charge in [0.1, 0.15) is 0 Å². The first-order valence-electron chi connectivity index (χ1n) is 8.81. The van der Waals surface area contributed by atoms with Crippen LogP contribution in [0, 0.1) is 0 Å². The monoisotopic (exact) mass is 318 g/mol. The van der Waals surface area contributed by atoms with Gasteiger partial charge in [-0.2, -0.15) is 0 Å². The lowest BCUT2D eigenvalue weighted by molar-refractivity contribution is 0.401. The van der Waals surface area contributed by atoms with Crippen molar-refractivity contribution in [1.29, 1.82) is 0 Å². The lowest BCUT2D eigenvalue weighted by Gasteiger charge is -2.22. The van der Waals surface area contributed by atoms with Gasteiger partial charge in [0.25, 0.3) is 0 Å². The van der Waals surface area contributed by atoms with Gasteiger partial charge < -0.3 is 9.80 Å². The maximum absolute atomic E-state index is 2.35. The Morgan fingerprint density at radius 2 is 1.25 bits per heavy atom. The number of nitrogens with zero attached hydrogens (tertiary/aromatic N) is 2. The van der Waals surface area contributed by atoms with Gasteiger partial charge >= 0.3 is 0 Å². The van der Waals surface area contributed by atoms with E-state index in [1.165, 1.54) is 38.6 Å². The first-order chi connectivity index (χ1) is 11.6. The van der Waals surface area contributed by atoms with Crippen LogP contribution in [0.2, 0.25) is 0 Å². The van der Waals surface area contributed by atoms with E-state index in [4.69, 9.17) is 0 Å². The zero-order valence-electron chi connectivity index (χ0n) is 15.2. The summed E-state index contributed by atoms with van der Waals surface area (Å²) in [4.78, 5) is 4.55. The quantitative estimate of drug-likeness (QED) is 0.837. The van der Waals surface area contributed by atoms with Crippen molar-refractivity contribution in [2.75, 3.05) is 28.2 Å². The summed E-state index contributed by atoms with van der Waals surface area (Å²) in [7, 11) is 8.63. The fraction of sp³-hybridized carbons (Fsp3) is 0.364. The van der Waals surface area contributed by atoms with Crippen LogP contribution < -0.4 is 0 Å². The third-order valence-electron chi connectivity index (χ3n) is 5.11. The molecule has 0 spiro atoms. The summed E-state index contributed by atoms with van der Waals surface area (Å²) in [6.45, 7) is 1.99. The molecule has 0 aromatic heterocycles. The molecule has 124 valence electrons. The Morgan fingerprint density at radius 1 is 0.708 bits per heavy atom. The molecular weight excluding hydrogens is 292 g/mol. The van der Waals surface area contributed by atoms with E-state index in [1.54, 1.807) is 5.56 Å². The molecule has 0 unspecified atom stereocenters. The molecule has 0 saturated carbocycles. The van der Waals surface area contributed by atoms with E-state index in [-0.39, 0.29) is 0 Å². The minimum atomic E-state index is 0.991. The molecule has 2 aliphatic rings. The fourth-order valence-electron chi connectivity index (χ4n) is 4.31. The van der Waals surface area contributed by atoms with Crippen LogP contribution in [0.3, 0.4) is 0 Å². The first kappa shape index (κ1) is 15.6. The van der Waals surface area contributed by atoms with Gasteiger partial charge in [-0.25, -0.2) is 0 Å². The lowest BCUT2D eigenvalue weighted by Crippen LogP contribution is -2.14. The Labute approximate surface area is 145 Å². The lowest BCUT2D eigenvalue weighted by atomic mass is 9.86. The van der Waals surface area contributed by atoms with Gasteiger partial charge in [-0.3, -0.25) is 0 Å². The SMILES string of the molecule is CN(C)Cc1ccc(CN(C)C)c2c3c(c4c(c12)C=CC4)C=CC3. The summed E-state index contributed by atoms with van der Waals surface area (Å²) in [5, 5.41) is 3.00. The second-order valence-electron chi connectivity index (χ2n) is 7.61. The largest absolute Gasteiger partial charge is 0.305 e. The van der Waals surface area contributed by atoms with E-state index in [0.29, 0.717) is 0 Å². The second-order valence-corrected chi connectivity index (χ2v) is 7.61. The Hall–Kier alpha value is -1.90. The molecule has 0 heterocycles. The Balaban J connectivity index is 2.08. The zero-order chi connectivity index (χ0) is 16.8. The van der Waals surface area contributed by atoms with Crippen LogP contribution in [0.1, 0.15) is 33.4 Å². The molecule has 2 heteroatoms. The Bertz CT molecular complexity index is 870. The average Bonchev–Trinajstić information content (AvgIpc) is 3.15. The molecule has 0 radical (unpaired) electrons. The molecule has 0 saturated heterocycles. The number of benzene rings is 2. The summed E-state index contributed by atoms with van der Waals surface area (Å²) in [5.41, 5.74) is 8.95. The molecule has 24 heavy (non-hydrogen) atoms. The topological polar surface area (TPSA) is 6.48 Å². The third-order valence-corrected chi connectivity index (χ3v) is 5.11. The van der Waals surface area contributed by atoms with Gasteiger partial charge in [-0.05, 0) is 85.2 Å². The Kier molecular flexibility index (Phi) is 3.82. The van der Waals surface area contributed by atoms with Gasteiger partial charge in [0, 0.05) is 13.1 Å². The van der Waals surface area contributed by atoms with E-state index in [2.05, 4.69) is 74.4 Å².